The van der Waals surface area contributed by atoms with E-state index in [1.807, 2.05) is 13.0 Å². The van der Waals surface area contributed by atoms with E-state index < -0.39 is 0 Å². The van der Waals surface area contributed by atoms with Crippen molar-refractivity contribution in [3.8, 4) is 0 Å². The average Bonchev–Trinajstić information content (AvgIpc) is 2.87. The lowest BCUT2D eigenvalue weighted by Gasteiger charge is -2.10. The maximum atomic E-state index is 11.6. The quantitative estimate of drug-likeness (QED) is 0.883. The van der Waals surface area contributed by atoms with E-state index in [0.29, 0.717) is 4.34 Å². The van der Waals surface area contributed by atoms with Gasteiger partial charge in [0, 0.05) is 4.88 Å². The molecule has 2 aromatic rings. The minimum atomic E-state index is -0.283. The van der Waals surface area contributed by atoms with Crippen molar-refractivity contribution in [3.05, 3.63) is 33.5 Å². The highest BCUT2D eigenvalue weighted by molar-refractivity contribution is 7.16. The van der Waals surface area contributed by atoms with Crippen LogP contribution in [-0.2, 0) is 0 Å². The zero-order valence-electron chi connectivity index (χ0n) is 8.40. The Balaban J connectivity index is 2.03. The first kappa shape index (κ1) is 11.1. The predicted molar refractivity (Wildman–Crippen MR) is 61.6 cm³/mol. The summed E-state index contributed by atoms with van der Waals surface area (Å²) < 4.78 is 0.704. The minimum absolute atomic E-state index is 0.102. The Morgan fingerprint density at radius 3 is 3.00 bits per heavy atom. The predicted octanol–water partition coefficient (Wildman–Crippen LogP) is 2.01. The Hall–Kier alpha value is -1.40. The Morgan fingerprint density at radius 2 is 2.44 bits per heavy atom. The van der Waals surface area contributed by atoms with E-state index in [1.54, 1.807) is 6.07 Å². The van der Waals surface area contributed by atoms with Gasteiger partial charge in [-0.15, -0.1) is 11.3 Å². The van der Waals surface area contributed by atoms with Crippen molar-refractivity contribution < 1.29 is 4.79 Å². The lowest BCUT2D eigenvalue weighted by atomic mass is 10.3. The molecule has 0 bridgehead atoms. The first-order valence-corrected chi connectivity index (χ1v) is 5.77. The smallest absolute Gasteiger partial charge is 0.289 e. The number of carbonyl (C=O) groups is 1. The number of rotatable bonds is 3. The van der Waals surface area contributed by atoms with Gasteiger partial charge in [-0.2, -0.15) is 5.10 Å². The van der Waals surface area contributed by atoms with E-state index in [4.69, 9.17) is 11.6 Å². The van der Waals surface area contributed by atoms with E-state index in [1.165, 1.54) is 17.7 Å². The van der Waals surface area contributed by atoms with Crippen LogP contribution < -0.4 is 5.32 Å². The molecule has 1 atom stereocenters. The van der Waals surface area contributed by atoms with Crippen LogP contribution in [0.25, 0.3) is 0 Å². The van der Waals surface area contributed by atoms with Crippen LogP contribution in [0, 0.1) is 0 Å². The molecule has 5 nitrogen and oxygen atoms in total. The van der Waals surface area contributed by atoms with E-state index in [-0.39, 0.29) is 17.8 Å². The van der Waals surface area contributed by atoms with Crippen LogP contribution in [0.4, 0.5) is 0 Å². The third kappa shape index (κ3) is 2.40. The maximum Gasteiger partial charge on any atom is 0.289 e. The van der Waals surface area contributed by atoms with Crippen LogP contribution in [0.15, 0.2) is 18.5 Å². The second-order valence-corrected chi connectivity index (χ2v) is 4.92. The number of aromatic amines is 1. The second kappa shape index (κ2) is 4.63. The SMILES string of the molecule is CC(NC(=O)c1ncn[nH]1)c1ccc(Cl)s1. The highest BCUT2D eigenvalue weighted by Crippen LogP contribution is 2.26. The van der Waals surface area contributed by atoms with Gasteiger partial charge in [-0.1, -0.05) is 11.6 Å². The molecular weight excluding hydrogens is 248 g/mol. The van der Waals surface area contributed by atoms with E-state index in [9.17, 15) is 4.79 Å². The number of nitrogens with zero attached hydrogens (tertiary/aromatic N) is 2. The minimum Gasteiger partial charge on any atom is -0.342 e. The van der Waals surface area contributed by atoms with Gasteiger partial charge in [-0.25, -0.2) is 4.98 Å². The molecule has 2 rings (SSSR count). The van der Waals surface area contributed by atoms with Gasteiger partial charge >= 0.3 is 0 Å². The van der Waals surface area contributed by atoms with Crippen molar-refractivity contribution in [1.82, 2.24) is 20.5 Å². The third-order valence-corrected chi connectivity index (χ3v) is 3.41. The van der Waals surface area contributed by atoms with Crippen LogP contribution in [-0.4, -0.2) is 21.1 Å². The lowest BCUT2D eigenvalue weighted by molar-refractivity contribution is 0.0930. The summed E-state index contributed by atoms with van der Waals surface area (Å²) >= 11 is 7.26. The molecule has 0 radical (unpaired) electrons. The Kier molecular flexibility index (Phi) is 3.21. The molecule has 1 unspecified atom stereocenters. The molecule has 2 aromatic heterocycles. The topological polar surface area (TPSA) is 70.7 Å². The van der Waals surface area contributed by atoms with Crippen LogP contribution in [0.3, 0.4) is 0 Å². The Labute approximate surface area is 101 Å². The molecule has 0 aliphatic heterocycles. The fourth-order valence-electron chi connectivity index (χ4n) is 1.21. The fraction of sp³-hybridized carbons (Fsp3) is 0.222. The summed E-state index contributed by atoms with van der Waals surface area (Å²) in [4.78, 5) is 16.4. The fourth-order valence-corrected chi connectivity index (χ4v) is 2.28. The summed E-state index contributed by atoms with van der Waals surface area (Å²) in [6.07, 6.45) is 1.29. The molecule has 0 saturated carbocycles. The number of halogens is 1. The average molecular weight is 257 g/mol. The number of nitrogens with one attached hydrogen (secondary N) is 2. The monoisotopic (exact) mass is 256 g/mol. The van der Waals surface area contributed by atoms with Crippen LogP contribution in [0.1, 0.15) is 28.5 Å². The first-order chi connectivity index (χ1) is 7.66. The highest BCUT2D eigenvalue weighted by atomic mass is 35.5. The summed E-state index contributed by atoms with van der Waals surface area (Å²) in [7, 11) is 0. The largest absolute Gasteiger partial charge is 0.342 e. The zero-order valence-corrected chi connectivity index (χ0v) is 9.97. The molecule has 0 spiro atoms. The second-order valence-electron chi connectivity index (χ2n) is 3.17. The first-order valence-electron chi connectivity index (χ1n) is 4.58. The molecule has 0 aromatic carbocycles. The number of amides is 1. The molecule has 0 aliphatic carbocycles. The van der Waals surface area contributed by atoms with Gasteiger partial charge in [0.2, 0.25) is 5.82 Å². The highest BCUT2D eigenvalue weighted by Gasteiger charge is 2.14. The summed E-state index contributed by atoms with van der Waals surface area (Å²) in [6, 6.07) is 3.59. The number of aromatic nitrogens is 3. The summed E-state index contributed by atoms with van der Waals surface area (Å²) in [5.41, 5.74) is 0. The van der Waals surface area contributed by atoms with Crippen molar-refractivity contribution in [3.63, 3.8) is 0 Å². The van der Waals surface area contributed by atoms with E-state index in [0.717, 1.165) is 4.88 Å². The van der Waals surface area contributed by atoms with Crippen LogP contribution in [0.5, 0.6) is 0 Å². The summed E-state index contributed by atoms with van der Waals surface area (Å²) in [5.74, 6) is -0.0796. The Bertz CT molecular complexity index is 481. The normalized spacial score (nSPS) is 12.4. The van der Waals surface area contributed by atoms with Crippen LogP contribution >= 0.6 is 22.9 Å². The van der Waals surface area contributed by atoms with Crippen molar-refractivity contribution >= 4 is 28.8 Å². The molecular formula is C9H9ClN4OS. The van der Waals surface area contributed by atoms with E-state index >= 15 is 0 Å². The Morgan fingerprint density at radius 1 is 1.62 bits per heavy atom. The number of H-pyrrole nitrogens is 1. The van der Waals surface area contributed by atoms with Gasteiger partial charge in [0.05, 0.1) is 10.4 Å². The number of hydrogen-bond acceptors (Lipinski definition) is 4. The molecule has 2 heterocycles. The molecule has 84 valence electrons. The number of carbonyl (C=O) groups excluding carboxylic acids is 1. The molecule has 2 N–H and O–H groups in total. The van der Waals surface area contributed by atoms with Gasteiger partial charge in [-0.05, 0) is 19.1 Å². The molecule has 0 fully saturated rings. The third-order valence-electron chi connectivity index (χ3n) is 2.00. The van der Waals surface area contributed by atoms with Crippen molar-refractivity contribution in [1.29, 1.82) is 0 Å². The maximum absolute atomic E-state index is 11.6. The van der Waals surface area contributed by atoms with Gasteiger partial charge in [0.1, 0.15) is 6.33 Å². The van der Waals surface area contributed by atoms with Crippen molar-refractivity contribution in [2.75, 3.05) is 0 Å². The van der Waals surface area contributed by atoms with Gasteiger partial charge < -0.3 is 5.32 Å². The van der Waals surface area contributed by atoms with Gasteiger partial charge in [0.15, 0.2) is 0 Å². The molecule has 16 heavy (non-hydrogen) atoms. The lowest BCUT2D eigenvalue weighted by Crippen LogP contribution is -2.27. The van der Waals surface area contributed by atoms with Gasteiger partial charge in [-0.3, -0.25) is 9.89 Å². The van der Waals surface area contributed by atoms with Gasteiger partial charge in [0.25, 0.3) is 5.91 Å². The molecule has 7 heteroatoms. The van der Waals surface area contributed by atoms with E-state index in [2.05, 4.69) is 20.5 Å². The summed E-state index contributed by atoms with van der Waals surface area (Å²) in [5, 5.41) is 8.91. The number of thiophene rings is 1. The molecule has 0 saturated heterocycles. The standard InChI is InChI=1S/C9H9ClN4OS/c1-5(6-2-3-7(10)16-6)13-9(15)8-11-4-12-14-8/h2-5H,1H3,(H,13,15)(H,11,12,14). The number of hydrogen-bond donors (Lipinski definition) is 2. The van der Waals surface area contributed by atoms with Crippen molar-refractivity contribution in [2.45, 2.75) is 13.0 Å². The molecule has 1 amide bonds. The van der Waals surface area contributed by atoms with Crippen molar-refractivity contribution in [2.24, 2.45) is 0 Å². The molecule has 0 aliphatic rings. The summed E-state index contributed by atoms with van der Waals surface area (Å²) in [6.45, 7) is 1.89. The van der Waals surface area contributed by atoms with Crippen LogP contribution in [0.2, 0.25) is 4.34 Å². The zero-order chi connectivity index (χ0) is 11.5.